The lowest BCUT2D eigenvalue weighted by atomic mass is 9.75. The number of aromatic hydroxyl groups is 1. The summed E-state index contributed by atoms with van der Waals surface area (Å²) in [7, 11) is 0. The summed E-state index contributed by atoms with van der Waals surface area (Å²) < 4.78 is 5.66. The molecule has 1 amide bonds. The lowest BCUT2D eigenvalue weighted by molar-refractivity contribution is 0.0547. The van der Waals surface area contributed by atoms with Crippen molar-refractivity contribution < 1.29 is 14.6 Å². The van der Waals surface area contributed by atoms with Crippen molar-refractivity contribution in [1.29, 1.82) is 0 Å². The van der Waals surface area contributed by atoms with Crippen molar-refractivity contribution in [3.05, 3.63) is 83.4 Å². The highest BCUT2D eigenvalue weighted by Gasteiger charge is 2.46. The Bertz CT molecular complexity index is 1110. The fourth-order valence-corrected chi connectivity index (χ4v) is 4.84. The summed E-state index contributed by atoms with van der Waals surface area (Å²) >= 11 is 0. The van der Waals surface area contributed by atoms with Crippen LogP contribution in [-0.4, -0.2) is 30.8 Å². The van der Waals surface area contributed by atoms with Gasteiger partial charge in [-0.1, -0.05) is 48.0 Å². The van der Waals surface area contributed by atoms with Crippen molar-refractivity contribution >= 4 is 11.6 Å². The van der Waals surface area contributed by atoms with Crippen LogP contribution in [0.2, 0.25) is 0 Å². The highest BCUT2D eigenvalue weighted by molar-refractivity contribution is 6.09. The predicted octanol–water partition coefficient (Wildman–Crippen LogP) is 5.08. The van der Waals surface area contributed by atoms with E-state index in [0.29, 0.717) is 25.3 Å². The Morgan fingerprint density at radius 1 is 0.967 bits per heavy atom. The molecule has 0 aromatic heterocycles. The Kier molecular flexibility index (Phi) is 4.59. The van der Waals surface area contributed by atoms with Gasteiger partial charge in [-0.05, 0) is 60.7 Å². The maximum Gasteiger partial charge on any atom is 0.262 e. The van der Waals surface area contributed by atoms with Crippen LogP contribution in [0.25, 0.3) is 11.1 Å². The molecule has 1 N–H and O–H groups in total. The van der Waals surface area contributed by atoms with Gasteiger partial charge in [0.1, 0.15) is 5.75 Å². The minimum absolute atomic E-state index is 0.0216. The van der Waals surface area contributed by atoms with Crippen LogP contribution in [-0.2, 0) is 10.2 Å². The highest BCUT2D eigenvalue weighted by Crippen LogP contribution is 2.48. The molecule has 30 heavy (non-hydrogen) atoms. The zero-order chi connectivity index (χ0) is 20.7. The molecule has 1 fully saturated rings. The fourth-order valence-electron chi connectivity index (χ4n) is 4.84. The molecule has 2 heterocycles. The molecule has 0 aliphatic carbocycles. The molecule has 1 spiro atoms. The van der Waals surface area contributed by atoms with Crippen LogP contribution < -0.4 is 4.90 Å². The van der Waals surface area contributed by atoms with E-state index in [2.05, 4.69) is 49.4 Å². The first-order valence-corrected chi connectivity index (χ1v) is 10.5. The number of carbonyl (C=O) groups is 1. The summed E-state index contributed by atoms with van der Waals surface area (Å²) in [5.41, 5.74) is 5.98. The topological polar surface area (TPSA) is 49.8 Å². The number of phenols is 1. The zero-order valence-electron chi connectivity index (χ0n) is 17.1. The number of hydrogen-bond acceptors (Lipinski definition) is 3. The SMILES string of the molecule is Cc1cccc(-c2ccc3c(c2)C2(CCOCC2)CN3C(=O)c2ccccc2O)c1. The molecule has 0 radical (unpaired) electrons. The average molecular weight is 399 g/mol. The first kappa shape index (κ1) is 18.9. The molecule has 5 rings (SSSR count). The van der Waals surface area contributed by atoms with Crippen molar-refractivity contribution in [3.8, 4) is 16.9 Å². The van der Waals surface area contributed by atoms with E-state index < -0.39 is 0 Å². The molecule has 3 aromatic rings. The summed E-state index contributed by atoms with van der Waals surface area (Å²) in [6.07, 6.45) is 1.78. The van der Waals surface area contributed by atoms with E-state index >= 15 is 0 Å². The Labute approximate surface area is 176 Å². The van der Waals surface area contributed by atoms with Gasteiger partial charge in [0.05, 0.1) is 5.56 Å². The maximum absolute atomic E-state index is 13.4. The lowest BCUT2D eigenvalue weighted by Crippen LogP contribution is -2.40. The number of amides is 1. The first-order chi connectivity index (χ1) is 14.6. The molecule has 2 aliphatic heterocycles. The minimum atomic E-state index is -0.152. The molecule has 0 bridgehead atoms. The second-order valence-corrected chi connectivity index (χ2v) is 8.40. The van der Waals surface area contributed by atoms with E-state index in [1.165, 1.54) is 22.3 Å². The van der Waals surface area contributed by atoms with Gasteiger partial charge in [0.2, 0.25) is 0 Å². The summed E-state index contributed by atoms with van der Waals surface area (Å²) in [4.78, 5) is 15.2. The standard InChI is InChI=1S/C26H25NO3/c1-18-5-4-6-19(15-18)20-9-10-23-22(16-20)26(11-13-30-14-12-26)17-27(23)25(29)21-7-2-3-8-24(21)28/h2-10,15-16,28H,11-14,17H2,1H3. The largest absolute Gasteiger partial charge is 0.507 e. The van der Waals surface area contributed by atoms with E-state index in [9.17, 15) is 9.90 Å². The average Bonchev–Trinajstić information content (AvgIpc) is 3.07. The van der Waals surface area contributed by atoms with Gasteiger partial charge in [-0.2, -0.15) is 0 Å². The van der Waals surface area contributed by atoms with Gasteiger partial charge in [0.25, 0.3) is 5.91 Å². The normalized spacial score (nSPS) is 17.2. The molecule has 152 valence electrons. The summed E-state index contributed by atoms with van der Waals surface area (Å²) in [5.74, 6) is -0.130. The second-order valence-electron chi connectivity index (χ2n) is 8.40. The molecular weight excluding hydrogens is 374 g/mol. The summed E-state index contributed by atoms with van der Waals surface area (Å²) in [6, 6.07) is 21.7. The molecule has 0 atom stereocenters. The third-order valence-electron chi connectivity index (χ3n) is 6.50. The van der Waals surface area contributed by atoms with Crippen LogP contribution in [0.4, 0.5) is 5.69 Å². The maximum atomic E-state index is 13.4. The quantitative estimate of drug-likeness (QED) is 0.654. The van der Waals surface area contributed by atoms with Gasteiger partial charge >= 0.3 is 0 Å². The van der Waals surface area contributed by atoms with Crippen molar-refractivity contribution in [3.63, 3.8) is 0 Å². The van der Waals surface area contributed by atoms with Crippen LogP contribution in [0, 0.1) is 6.92 Å². The monoisotopic (exact) mass is 399 g/mol. The second kappa shape index (κ2) is 7.29. The highest BCUT2D eigenvalue weighted by atomic mass is 16.5. The number of nitrogens with zero attached hydrogens (tertiary/aromatic N) is 1. The number of para-hydroxylation sites is 1. The van der Waals surface area contributed by atoms with Crippen LogP contribution in [0.3, 0.4) is 0 Å². The van der Waals surface area contributed by atoms with Crippen molar-refractivity contribution in [2.24, 2.45) is 0 Å². The third kappa shape index (κ3) is 3.08. The van der Waals surface area contributed by atoms with Gasteiger partial charge in [-0.3, -0.25) is 4.79 Å². The molecule has 1 saturated heterocycles. The Hall–Kier alpha value is -3.11. The number of rotatable bonds is 2. The van der Waals surface area contributed by atoms with E-state index in [0.717, 1.165) is 18.5 Å². The van der Waals surface area contributed by atoms with E-state index in [-0.39, 0.29) is 17.1 Å². The Balaban J connectivity index is 1.61. The van der Waals surface area contributed by atoms with Gasteiger partial charge in [-0.25, -0.2) is 0 Å². The molecular formula is C26H25NO3. The van der Waals surface area contributed by atoms with Gasteiger partial charge < -0.3 is 14.7 Å². The summed E-state index contributed by atoms with van der Waals surface area (Å²) in [6.45, 7) is 4.12. The van der Waals surface area contributed by atoms with Crippen LogP contribution in [0.15, 0.2) is 66.7 Å². The number of phenolic OH excluding ortho intramolecular Hbond substituents is 1. The number of aryl methyl sites for hydroxylation is 1. The minimum Gasteiger partial charge on any atom is -0.507 e. The van der Waals surface area contributed by atoms with Crippen molar-refractivity contribution in [2.45, 2.75) is 25.2 Å². The molecule has 0 saturated carbocycles. The number of hydrogen-bond donors (Lipinski definition) is 1. The Morgan fingerprint density at radius 3 is 2.50 bits per heavy atom. The lowest BCUT2D eigenvalue weighted by Gasteiger charge is -2.34. The number of carbonyl (C=O) groups excluding carboxylic acids is 1. The molecule has 4 heteroatoms. The Morgan fingerprint density at radius 2 is 1.73 bits per heavy atom. The number of anilines is 1. The first-order valence-electron chi connectivity index (χ1n) is 10.5. The van der Waals surface area contributed by atoms with Crippen molar-refractivity contribution in [2.75, 3.05) is 24.7 Å². The molecule has 2 aliphatic rings. The third-order valence-corrected chi connectivity index (χ3v) is 6.50. The van der Waals surface area contributed by atoms with E-state index in [1.54, 1.807) is 24.3 Å². The van der Waals surface area contributed by atoms with Gasteiger partial charge in [0, 0.05) is 30.9 Å². The van der Waals surface area contributed by atoms with Crippen molar-refractivity contribution in [1.82, 2.24) is 0 Å². The number of fused-ring (bicyclic) bond motifs is 2. The zero-order valence-corrected chi connectivity index (χ0v) is 17.1. The predicted molar refractivity (Wildman–Crippen MR) is 118 cm³/mol. The van der Waals surface area contributed by atoms with Crippen LogP contribution >= 0.6 is 0 Å². The van der Waals surface area contributed by atoms with E-state index in [4.69, 9.17) is 4.74 Å². The van der Waals surface area contributed by atoms with Gasteiger partial charge in [-0.15, -0.1) is 0 Å². The molecule has 3 aromatic carbocycles. The smallest absolute Gasteiger partial charge is 0.262 e. The van der Waals surface area contributed by atoms with Crippen LogP contribution in [0.5, 0.6) is 5.75 Å². The molecule has 0 unspecified atom stereocenters. The summed E-state index contributed by atoms with van der Waals surface area (Å²) in [5, 5.41) is 10.2. The van der Waals surface area contributed by atoms with E-state index in [1.807, 2.05) is 4.90 Å². The van der Waals surface area contributed by atoms with Gasteiger partial charge in [0.15, 0.2) is 0 Å². The number of ether oxygens (including phenoxy) is 1. The van der Waals surface area contributed by atoms with Crippen LogP contribution in [0.1, 0.15) is 34.3 Å². The number of benzene rings is 3. The fraction of sp³-hybridized carbons (Fsp3) is 0.269. The molecule has 4 nitrogen and oxygen atoms in total.